The topological polar surface area (TPSA) is 43.8 Å². The average molecular weight is 443 g/mol. The molecule has 0 radical (unpaired) electrons. The summed E-state index contributed by atoms with van der Waals surface area (Å²) in [5.74, 6) is 1.97. The summed E-state index contributed by atoms with van der Waals surface area (Å²) in [5.41, 5.74) is 5.66. The van der Waals surface area contributed by atoms with Crippen molar-refractivity contribution in [3.63, 3.8) is 0 Å². The number of fused-ring (bicyclic) bond motifs is 5. The fourth-order valence-corrected chi connectivity index (χ4v) is 4.85. The van der Waals surface area contributed by atoms with Crippen molar-refractivity contribution in [3.8, 4) is 28.5 Å². The molecule has 1 aromatic heterocycles. The van der Waals surface area contributed by atoms with Gasteiger partial charge in [0.05, 0.1) is 32.0 Å². The summed E-state index contributed by atoms with van der Waals surface area (Å²) in [7, 11) is 5.50. The molecule has 0 bridgehead atoms. The molecule has 5 nitrogen and oxygen atoms in total. The first-order valence-electron chi connectivity index (χ1n) is 11.6. The summed E-state index contributed by atoms with van der Waals surface area (Å²) in [6, 6.07) is 17.0. The monoisotopic (exact) mass is 442 g/mol. The molecule has 170 valence electrons. The van der Waals surface area contributed by atoms with Gasteiger partial charge in [-0.25, -0.2) is 4.98 Å². The van der Waals surface area contributed by atoms with E-state index in [-0.39, 0.29) is 0 Å². The van der Waals surface area contributed by atoms with E-state index >= 15 is 0 Å². The lowest BCUT2D eigenvalue weighted by atomic mass is 9.89. The van der Waals surface area contributed by atoms with Crippen LogP contribution in [0.4, 0.5) is 0 Å². The van der Waals surface area contributed by atoms with Crippen LogP contribution in [0.15, 0.2) is 48.5 Å². The zero-order valence-corrected chi connectivity index (χ0v) is 19.8. The van der Waals surface area contributed by atoms with Crippen molar-refractivity contribution in [2.45, 2.75) is 26.3 Å². The third-order valence-corrected chi connectivity index (χ3v) is 6.45. The molecular weight excluding hydrogens is 412 g/mol. The molecule has 1 aliphatic rings. The van der Waals surface area contributed by atoms with E-state index < -0.39 is 0 Å². The van der Waals surface area contributed by atoms with Crippen LogP contribution >= 0.6 is 0 Å². The minimum absolute atomic E-state index is 0.605. The molecule has 5 rings (SSSR count). The van der Waals surface area contributed by atoms with Crippen LogP contribution in [0.25, 0.3) is 32.9 Å². The van der Waals surface area contributed by atoms with Gasteiger partial charge in [0.1, 0.15) is 0 Å². The molecule has 0 amide bonds. The van der Waals surface area contributed by atoms with Crippen molar-refractivity contribution in [3.05, 3.63) is 59.7 Å². The van der Waals surface area contributed by atoms with Crippen molar-refractivity contribution >= 4 is 21.7 Å². The molecule has 0 unspecified atom stereocenters. The molecule has 0 saturated carbocycles. The standard InChI is InChI=1S/C28H30N2O3/c1-5-14-33-28-24(31-3)15-19(16-25(28)32-4)27-22-17-30(2)13-12-21(22)26-20-9-7-6-8-18(20)10-11-23(26)29-27/h6-11,15-16H,5,12-14,17H2,1-4H3. The highest BCUT2D eigenvalue weighted by Crippen LogP contribution is 2.44. The summed E-state index contributed by atoms with van der Waals surface area (Å²) < 4.78 is 17.4. The fraction of sp³-hybridized carbons (Fsp3) is 0.321. The summed E-state index contributed by atoms with van der Waals surface area (Å²) >= 11 is 0. The number of pyridine rings is 1. The van der Waals surface area contributed by atoms with Crippen LogP contribution in [0.5, 0.6) is 17.2 Å². The Labute approximate surface area is 194 Å². The maximum Gasteiger partial charge on any atom is 0.203 e. The van der Waals surface area contributed by atoms with Gasteiger partial charge in [0.25, 0.3) is 0 Å². The molecule has 2 heterocycles. The normalized spacial score (nSPS) is 13.8. The summed E-state index contributed by atoms with van der Waals surface area (Å²) in [6.45, 7) is 4.58. The molecule has 0 saturated heterocycles. The van der Waals surface area contributed by atoms with Crippen LogP contribution in [0, 0.1) is 0 Å². The second kappa shape index (κ2) is 8.91. The van der Waals surface area contributed by atoms with Gasteiger partial charge in [-0.15, -0.1) is 0 Å². The zero-order valence-electron chi connectivity index (χ0n) is 19.8. The Hall–Kier alpha value is -3.31. The smallest absolute Gasteiger partial charge is 0.203 e. The number of nitrogens with zero attached hydrogens (tertiary/aromatic N) is 2. The number of hydrogen-bond donors (Lipinski definition) is 0. The van der Waals surface area contributed by atoms with Crippen molar-refractivity contribution < 1.29 is 14.2 Å². The van der Waals surface area contributed by atoms with E-state index in [0.29, 0.717) is 23.9 Å². The molecule has 0 fully saturated rings. The minimum atomic E-state index is 0.605. The van der Waals surface area contributed by atoms with E-state index in [0.717, 1.165) is 42.7 Å². The second-order valence-electron chi connectivity index (χ2n) is 8.64. The van der Waals surface area contributed by atoms with Crippen LogP contribution in [-0.4, -0.2) is 44.3 Å². The first-order valence-corrected chi connectivity index (χ1v) is 11.6. The van der Waals surface area contributed by atoms with Gasteiger partial charge in [0, 0.05) is 24.0 Å². The Kier molecular flexibility index (Phi) is 5.81. The predicted molar refractivity (Wildman–Crippen MR) is 134 cm³/mol. The highest BCUT2D eigenvalue weighted by molar-refractivity contribution is 6.09. The first kappa shape index (κ1) is 21.5. The molecule has 0 aliphatic carbocycles. The lowest BCUT2D eigenvalue weighted by Crippen LogP contribution is -2.27. The van der Waals surface area contributed by atoms with Gasteiger partial charge in [-0.2, -0.15) is 0 Å². The van der Waals surface area contributed by atoms with Crippen molar-refractivity contribution in [2.24, 2.45) is 0 Å². The largest absolute Gasteiger partial charge is 0.493 e. The summed E-state index contributed by atoms with van der Waals surface area (Å²) in [5, 5.41) is 3.80. The van der Waals surface area contributed by atoms with Gasteiger partial charge < -0.3 is 19.1 Å². The molecule has 3 aromatic carbocycles. The Bertz CT molecular complexity index is 1310. The highest BCUT2D eigenvalue weighted by Gasteiger charge is 2.24. The van der Waals surface area contributed by atoms with Crippen LogP contribution < -0.4 is 14.2 Å². The number of likely N-dealkylation sites (N-methyl/N-ethyl adjacent to an activating group) is 1. The quantitative estimate of drug-likeness (QED) is 0.351. The third kappa shape index (κ3) is 3.76. The van der Waals surface area contributed by atoms with Gasteiger partial charge >= 0.3 is 0 Å². The van der Waals surface area contributed by atoms with Crippen LogP contribution in [0.2, 0.25) is 0 Å². The van der Waals surface area contributed by atoms with Gasteiger partial charge in [-0.1, -0.05) is 37.3 Å². The van der Waals surface area contributed by atoms with Gasteiger partial charge in [0.15, 0.2) is 11.5 Å². The molecule has 0 spiro atoms. The van der Waals surface area contributed by atoms with E-state index in [1.807, 2.05) is 12.1 Å². The number of methoxy groups -OCH3 is 2. The number of hydrogen-bond acceptors (Lipinski definition) is 5. The minimum Gasteiger partial charge on any atom is -0.493 e. The van der Waals surface area contributed by atoms with Gasteiger partial charge in [-0.3, -0.25) is 0 Å². The maximum absolute atomic E-state index is 5.96. The first-order chi connectivity index (χ1) is 16.1. The molecule has 5 heteroatoms. The Morgan fingerprint density at radius 3 is 2.45 bits per heavy atom. The second-order valence-corrected chi connectivity index (χ2v) is 8.64. The average Bonchev–Trinajstić information content (AvgIpc) is 2.86. The molecular formula is C28H30N2O3. The van der Waals surface area contributed by atoms with E-state index in [1.54, 1.807) is 14.2 Å². The lowest BCUT2D eigenvalue weighted by Gasteiger charge is -2.28. The van der Waals surface area contributed by atoms with Gasteiger partial charge in [0.2, 0.25) is 5.75 Å². The number of aromatic nitrogens is 1. The number of benzene rings is 3. The van der Waals surface area contributed by atoms with Gasteiger partial charge in [-0.05, 0) is 60.0 Å². The Morgan fingerprint density at radius 1 is 0.970 bits per heavy atom. The highest BCUT2D eigenvalue weighted by atomic mass is 16.5. The van der Waals surface area contributed by atoms with Crippen molar-refractivity contribution in [2.75, 3.05) is 34.4 Å². The van der Waals surface area contributed by atoms with E-state index in [9.17, 15) is 0 Å². The van der Waals surface area contributed by atoms with Crippen LogP contribution in [0.1, 0.15) is 24.5 Å². The van der Waals surface area contributed by atoms with Crippen LogP contribution in [0.3, 0.4) is 0 Å². The fourth-order valence-electron chi connectivity index (χ4n) is 4.85. The van der Waals surface area contributed by atoms with Crippen LogP contribution in [-0.2, 0) is 13.0 Å². The SMILES string of the molecule is CCCOc1c(OC)cc(-c2nc3ccc4ccccc4c3c3c2CN(C)CC3)cc1OC. The van der Waals surface area contributed by atoms with E-state index in [4.69, 9.17) is 19.2 Å². The Balaban J connectivity index is 1.78. The van der Waals surface area contributed by atoms with E-state index in [2.05, 4.69) is 55.3 Å². The summed E-state index contributed by atoms with van der Waals surface area (Å²) in [6.07, 6.45) is 1.91. The molecule has 0 N–H and O–H groups in total. The molecule has 0 atom stereocenters. The number of ether oxygens (including phenoxy) is 3. The zero-order chi connectivity index (χ0) is 22.9. The van der Waals surface area contributed by atoms with Crippen molar-refractivity contribution in [1.82, 2.24) is 9.88 Å². The third-order valence-electron chi connectivity index (χ3n) is 6.45. The Morgan fingerprint density at radius 2 is 1.73 bits per heavy atom. The maximum atomic E-state index is 5.96. The molecule has 4 aromatic rings. The molecule has 33 heavy (non-hydrogen) atoms. The molecule has 1 aliphatic heterocycles. The number of rotatable bonds is 6. The van der Waals surface area contributed by atoms with E-state index in [1.165, 1.54) is 27.3 Å². The summed E-state index contributed by atoms with van der Waals surface area (Å²) in [4.78, 5) is 7.57. The van der Waals surface area contributed by atoms with Crippen molar-refractivity contribution in [1.29, 1.82) is 0 Å². The predicted octanol–water partition coefficient (Wildman–Crippen LogP) is 5.85. The lowest BCUT2D eigenvalue weighted by molar-refractivity contribution is 0.275.